The Labute approximate surface area is 96.4 Å². The minimum Gasteiger partial charge on any atom is -0.481 e. The maximum absolute atomic E-state index is 5.13. The highest BCUT2D eigenvalue weighted by atomic mass is 16.5. The van der Waals surface area contributed by atoms with Crippen LogP contribution < -0.4 is 10.1 Å². The number of hydrogen-bond donors (Lipinski definition) is 1. The highest BCUT2D eigenvalue weighted by molar-refractivity contribution is 5.39. The third kappa shape index (κ3) is 2.62. The summed E-state index contributed by atoms with van der Waals surface area (Å²) in [5, 5.41) is 3.46. The molecule has 0 amide bonds. The van der Waals surface area contributed by atoms with Gasteiger partial charge in [0.2, 0.25) is 5.88 Å². The minimum absolute atomic E-state index is 0.550. The number of ether oxygens (including phenoxy) is 1. The Bertz CT molecular complexity index is 367. The number of anilines is 1. The van der Waals surface area contributed by atoms with Crippen molar-refractivity contribution in [3.05, 3.63) is 11.9 Å². The number of aryl methyl sites for hydroxylation is 1. The third-order valence-corrected chi connectivity index (χ3v) is 3.07. The van der Waals surface area contributed by atoms with E-state index in [0.29, 0.717) is 11.9 Å². The Morgan fingerprint density at radius 2 is 2.19 bits per heavy atom. The van der Waals surface area contributed by atoms with Gasteiger partial charge in [-0.25, -0.2) is 4.98 Å². The van der Waals surface area contributed by atoms with Crippen molar-refractivity contribution in [3.63, 3.8) is 0 Å². The quantitative estimate of drug-likeness (QED) is 0.851. The van der Waals surface area contributed by atoms with Crippen LogP contribution in [-0.4, -0.2) is 23.1 Å². The highest BCUT2D eigenvalue weighted by Crippen LogP contribution is 2.27. The zero-order valence-electron chi connectivity index (χ0n) is 10.2. The van der Waals surface area contributed by atoms with Crippen LogP contribution in [0.25, 0.3) is 0 Å². The van der Waals surface area contributed by atoms with E-state index in [1.54, 1.807) is 7.11 Å². The van der Waals surface area contributed by atoms with Gasteiger partial charge >= 0.3 is 0 Å². The van der Waals surface area contributed by atoms with Crippen molar-refractivity contribution in [2.24, 2.45) is 5.92 Å². The molecule has 1 aromatic heterocycles. The van der Waals surface area contributed by atoms with Crippen molar-refractivity contribution >= 4 is 5.82 Å². The van der Waals surface area contributed by atoms with Gasteiger partial charge in [0.25, 0.3) is 0 Å². The molecule has 1 heterocycles. The number of nitrogens with one attached hydrogen (secondary N) is 1. The number of nitrogens with zero attached hydrogens (tertiary/aromatic N) is 2. The van der Waals surface area contributed by atoms with Gasteiger partial charge in [-0.15, -0.1) is 0 Å². The van der Waals surface area contributed by atoms with E-state index in [1.165, 1.54) is 19.3 Å². The molecule has 1 aromatic rings. The first-order chi connectivity index (χ1) is 7.67. The van der Waals surface area contributed by atoms with Crippen LogP contribution in [0, 0.1) is 12.8 Å². The fraction of sp³-hybridized carbons (Fsp3) is 0.667. The fourth-order valence-corrected chi connectivity index (χ4v) is 2.27. The minimum atomic E-state index is 0.550. The molecule has 2 atom stereocenters. The van der Waals surface area contributed by atoms with Gasteiger partial charge in [0.05, 0.1) is 7.11 Å². The molecule has 1 aliphatic carbocycles. The first-order valence-electron chi connectivity index (χ1n) is 5.83. The molecule has 0 aromatic carbocycles. The predicted octanol–water partition coefficient (Wildman–Crippen LogP) is 2.39. The zero-order valence-corrected chi connectivity index (χ0v) is 10.2. The van der Waals surface area contributed by atoms with Crippen LogP contribution in [-0.2, 0) is 0 Å². The second kappa shape index (κ2) is 4.68. The number of methoxy groups -OCH3 is 1. The molecule has 4 heteroatoms. The first-order valence-corrected chi connectivity index (χ1v) is 5.83. The normalized spacial score (nSPS) is 24.4. The SMILES string of the molecule is COc1cc(NC2CCC(C)C2)nc(C)n1. The second-order valence-electron chi connectivity index (χ2n) is 4.60. The largest absolute Gasteiger partial charge is 0.481 e. The van der Waals surface area contributed by atoms with Crippen LogP contribution in [0.4, 0.5) is 5.82 Å². The summed E-state index contributed by atoms with van der Waals surface area (Å²) in [6.45, 7) is 4.18. The van der Waals surface area contributed by atoms with Crippen LogP contribution in [0.2, 0.25) is 0 Å². The average molecular weight is 221 g/mol. The van der Waals surface area contributed by atoms with E-state index in [9.17, 15) is 0 Å². The summed E-state index contributed by atoms with van der Waals surface area (Å²) >= 11 is 0. The van der Waals surface area contributed by atoms with Crippen molar-refractivity contribution in [2.45, 2.75) is 39.2 Å². The molecule has 2 unspecified atom stereocenters. The molecule has 1 fully saturated rings. The molecule has 0 spiro atoms. The van der Waals surface area contributed by atoms with Gasteiger partial charge in [0.15, 0.2) is 0 Å². The lowest BCUT2D eigenvalue weighted by Gasteiger charge is -2.13. The van der Waals surface area contributed by atoms with Gasteiger partial charge in [-0.3, -0.25) is 0 Å². The topological polar surface area (TPSA) is 47.0 Å². The number of aromatic nitrogens is 2. The van der Waals surface area contributed by atoms with E-state index in [0.717, 1.165) is 17.6 Å². The molecule has 16 heavy (non-hydrogen) atoms. The van der Waals surface area contributed by atoms with E-state index in [1.807, 2.05) is 13.0 Å². The molecule has 0 aliphatic heterocycles. The van der Waals surface area contributed by atoms with E-state index in [-0.39, 0.29) is 0 Å². The lowest BCUT2D eigenvalue weighted by molar-refractivity contribution is 0.396. The van der Waals surface area contributed by atoms with Gasteiger partial charge in [-0.1, -0.05) is 6.92 Å². The van der Waals surface area contributed by atoms with Crippen LogP contribution in [0.15, 0.2) is 6.07 Å². The van der Waals surface area contributed by atoms with Gasteiger partial charge in [-0.05, 0) is 32.1 Å². The summed E-state index contributed by atoms with van der Waals surface area (Å²) in [5.41, 5.74) is 0. The van der Waals surface area contributed by atoms with E-state index in [2.05, 4.69) is 22.2 Å². The Morgan fingerprint density at radius 3 is 2.81 bits per heavy atom. The fourth-order valence-electron chi connectivity index (χ4n) is 2.27. The van der Waals surface area contributed by atoms with E-state index in [4.69, 9.17) is 4.74 Å². The molecule has 4 nitrogen and oxygen atoms in total. The summed E-state index contributed by atoms with van der Waals surface area (Å²) in [5.74, 6) is 3.07. The standard InChI is InChI=1S/C12H19N3O/c1-8-4-5-10(6-8)15-11-7-12(16-3)14-9(2)13-11/h7-8,10H,4-6H2,1-3H3,(H,13,14,15). The van der Waals surface area contributed by atoms with Crippen LogP contribution in [0.1, 0.15) is 32.0 Å². The van der Waals surface area contributed by atoms with Crippen molar-refractivity contribution in [1.82, 2.24) is 9.97 Å². The molecular formula is C12H19N3O. The summed E-state index contributed by atoms with van der Waals surface area (Å²) in [6, 6.07) is 2.41. The predicted molar refractivity (Wildman–Crippen MR) is 63.7 cm³/mol. The maximum atomic E-state index is 5.13. The van der Waals surface area contributed by atoms with Crippen LogP contribution >= 0.6 is 0 Å². The third-order valence-electron chi connectivity index (χ3n) is 3.07. The van der Waals surface area contributed by atoms with Crippen LogP contribution in [0.5, 0.6) is 5.88 Å². The smallest absolute Gasteiger partial charge is 0.218 e. The molecular weight excluding hydrogens is 202 g/mol. The van der Waals surface area contributed by atoms with Crippen LogP contribution in [0.3, 0.4) is 0 Å². The summed E-state index contributed by atoms with van der Waals surface area (Å²) in [6.07, 6.45) is 3.76. The molecule has 1 aliphatic rings. The van der Waals surface area contributed by atoms with E-state index < -0.39 is 0 Å². The lowest BCUT2D eigenvalue weighted by Crippen LogP contribution is -2.16. The van der Waals surface area contributed by atoms with Crippen molar-refractivity contribution < 1.29 is 4.74 Å². The van der Waals surface area contributed by atoms with Gasteiger partial charge < -0.3 is 10.1 Å². The summed E-state index contributed by atoms with van der Waals surface area (Å²) < 4.78 is 5.13. The molecule has 2 rings (SSSR count). The Hall–Kier alpha value is -1.32. The van der Waals surface area contributed by atoms with Crippen molar-refractivity contribution in [3.8, 4) is 5.88 Å². The maximum Gasteiger partial charge on any atom is 0.218 e. The Balaban J connectivity index is 2.06. The monoisotopic (exact) mass is 221 g/mol. The second-order valence-corrected chi connectivity index (χ2v) is 4.60. The molecule has 0 saturated heterocycles. The van der Waals surface area contributed by atoms with Crippen molar-refractivity contribution in [1.29, 1.82) is 0 Å². The summed E-state index contributed by atoms with van der Waals surface area (Å²) in [4.78, 5) is 8.54. The zero-order chi connectivity index (χ0) is 11.5. The average Bonchev–Trinajstić information content (AvgIpc) is 2.63. The summed E-state index contributed by atoms with van der Waals surface area (Å²) in [7, 11) is 1.63. The molecule has 0 radical (unpaired) electrons. The Kier molecular flexibility index (Phi) is 3.27. The molecule has 0 bridgehead atoms. The molecule has 1 saturated carbocycles. The van der Waals surface area contributed by atoms with Crippen molar-refractivity contribution in [2.75, 3.05) is 12.4 Å². The molecule has 1 N–H and O–H groups in total. The number of rotatable bonds is 3. The lowest BCUT2D eigenvalue weighted by atomic mass is 10.1. The van der Waals surface area contributed by atoms with Gasteiger partial charge in [0.1, 0.15) is 11.6 Å². The van der Waals surface area contributed by atoms with Gasteiger partial charge in [0, 0.05) is 12.1 Å². The Morgan fingerprint density at radius 1 is 1.38 bits per heavy atom. The molecule has 88 valence electrons. The van der Waals surface area contributed by atoms with E-state index >= 15 is 0 Å². The first kappa shape index (κ1) is 11.2. The number of hydrogen-bond acceptors (Lipinski definition) is 4. The van der Waals surface area contributed by atoms with Gasteiger partial charge in [-0.2, -0.15) is 4.98 Å². The highest BCUT2D eigenvalue weighted by Gasteiger charge is 2.21.